The number of carbonyl (C=O) groups excluding carboxylic acids is 1. The second kappa shape index (κ2) is 6.19. The summed E-state index contributed by atoms with van der Waals surface area (Å²) in [7, 11) is 0. The van der Waals surface area contributed by atoms with E-state index in [0.29, 0.717) is 0 Å². The zero-order valence-electron chi connectivity index (χ0n) is 11.7. The standard InChI is InChI=1S/C16H22N2OS/c19-15(13-5-4-10-17-11-13)18-12-16(8-9-16)20-14-6-2-1-3-7-14/h1-3,6-7,13,17H,4-5,8-12H2,(H,18,19). The van der Waals surface area contributed by atoms with Crippen LogP contribution in [0, 0.1) is 5.92 Å². The fourth-order valence-electron chi connectivity index (χ4n) is 2.66. The normalized spacial score (nSPS) is 24.1. The molecule has 108 valence electrons. The molecule has 1 saturated carbocycles. The molecule has 1 aliphatic heterocycles. The minimum absolute atomic E-state index is 0.168. The van der Waals surface area contributed by atoms with E-state index in [1.165, 1.54) is 17.7 Å². The lowest BCUT2D eigenvalue weighted by Crippen LogP contribution is -2.42. The van der Waals surface area contributed by atoms with Gasteiger partial charge in [0.25, 0.3) is 0 Å². The number of hydrogen-bond acceptors (Lipinski definition) is 3. The number of thioether (sulfide) groups is 1. The fraction of sp³-hybridized carbons (Fsp3) is 0.562. The highest BCUT2D eigenvalue weighted by molar-refractivity contribution is 8.01. The molecule has 1 aromatic carbocycles. The molecule has 3 rings (SSSR count). The monoisotopic (exact) mass is 290 g/mol. The van der Waals surface area contributed by atoms with Gasteiger partial charge in [0.05, 0.1) is 5.92 Å². The highest BCUT2D eigenvalue weighted by Crippen LogP contribution is 2.51. The Morgan fingerprint density at radius 3 is 2.80 bits per heavy atom. The van der Waals surface area contributed by atoms with Gasteiger partial charge in [-0.25, -0.2) is 0 Å². The number of rotatable bonds is 5. The maximum Gasteiger partial charge on any atom is 0.224 e. The molecule has 0 radical (unpaired) electrons. The van der Waals surface area contributed by atoms with Gasteiger partial charge in [0.15, 0.2) is 0 Å². The van der Waals surface area contributed by atoms with Gasteiger partial charge in [-0.1, -0.05) is 18.2 Å². The van der Waals surface area contributed by atoms with Crippen LogP contribution in [0.4, 0.5) is 0 Å². The molecule has 4 heteroatoms. The number of carbonyl (C=O) groups is 1. The number of benzene rings is 1. The second-order valence-corrected chi connectivity index (χ2v) is 7.40. The van der Waals surface area contributed by atoms with Gasteiger partial charge in [0.2, 0.25) is 5.91 Å². The average Bonchev–Trinajstić information content (AvgIpc) is 3.27. The van der Waals surface area contributed by atoms with E-state index >= 15 is 0 Å². The van der Waals surface area contributed by atoms with Crippen LogP contribution in [-0.4, -0.2) is 30.3 Å². The van der Waals surface area contributed by atoms with Crippen molar-refractivity contribution in [2.24, 2.45) is 5.92 Å². The highest BCUT2D eigenvalue weighted by atomic mass is 32.2. The molecule has 1 aromatic rings. The van der Waals surface area contributed by atoms with Gasteiger partial charge < -0.3 is 10.6 Å². The summed E-state index contributed by atoms with van der Waals surface area (Å²) in [6.45, 7) is 2.70. The SMILES string of the molecule is O=C(NCC1(Sc2ccccc2)CC1)C1CCCNC1. The van der Waals surface area contributed by atoms with Crippen LogP contribution in [-0.2, 0) is 4.79 Å². The molecule has 2 fully saturated rings. The fourth-order valence-corrected chi connectivity index (χ4v) is 3.90. The average molecular weight is 290 g/mol. The van der Waals surface area contributed by atoms with Crippen molar-refractivity contribution in [1.82, 2.24) is 10.6 Å². The third kappa shape index (κ3) is 3.55. The zero-order chi connectivity index (χ0) is 13.8. The van der Waals surface area contributed by atoms with E-state index in [1.807, 2.05) is 17.8 Å². The predicted molar refractivity (Wildman–Crippen MR) is 82.9 cm³/mol. The van der Waals surface area contributed by atoms with Crippen LogP contribution in [0.3, 0.4) is 0 Å². The van der Waals surface area contributed by atoms with Crippen molar-refractivity contribution in [3.63, 3.8) is 0 Å². The number of nitrogens with one attached hydrogen (secondary N) is 2. The molecule has 1 heterocycles. The summed E-state index contributed by atoms with van der Waals surface area (Å²) in [5, 5.41) is 6.48. The molecule has 1 amide bonds. The predicted octanol–water partition coefficient (Wildman–Crippen LogP) is 2.43. The highest BCUT2D eigenvalue weighted by Gasteiger charge is 2.44. The van der Waals surface area contributed by atoms with Gasteiger partial charge >= 0.3 is 0 Å². The molecule has 0 bridgehead atoms. The lowest BCUT2D eigenvalue weighted by Gasteiger charge is -2.23. The Morgan fingerprint density at radius 1 is 1.35 bits per heavy atom. The van der Waals surface area contributed by atoms with Crippen molar-refractivity contribution in [3.05, 3.63) is 30.3 Å². The summed E-state index contributed by atoms with van der Waals surface area (Å²) in [4.78, 5) is 13.5. The van der Waals surface area contributed by atoms with E-state index in [9.17, 15) is 4.79 Å². The third-order valence-corrected chi connectivity index (χ3v) is 5.63. The van der Waals surface area contributed by atoms with Gasteiger partial charge in [-0.05, 0) is 44.4 Å². The first-order valence-corrected chi connectivity index (χ1v) is 8.32. The topological polar surface area (TPSA) is 41.1 Å². The zero-order valence-corrected chi connectivity index (χ0v) is 12.5. The molecule has 0 spiro atoms. The Morgan fingerprint density at radius 2 is 2.15 bits per heavy atom. The molecule has 2 aliphatic rings. The van der Waals surface area contributed by atoms with E-state index in [0.717, 1.165) is 32.5 Å². The lowest BCUT2D eigenvalue weighted by atomic mass is 9.99. The minimum atomic E-state index is 0.168. The van der Waals surface area contributed by atoms with E-state index < -0.39 is 0 Å². The van der Waals surface area contributed by atoms with Crippen LogP contribution in [0.5, 0.6) is 0 Å². The summed E-state index contributed by atoms with van der Waals surface area (Å²) < 4.78 is 0.249. The van der Waals surface area contributed by atoms with Gasteiger partial charge in [-0.15, -0.1) is 11.8 Å². The third-order valence-electron chi connectivity index (χ3n) is 4.14. The Kier molecular flexibility index (Phi) is 4.32. The maximum atomic E-state index is 12.2. The van der Waals surface area contributed by atoms with E-state index in [2.05, 4.69) is 34.9 Å². The van der Waals surface area contributed by atoms with E-state index in [4.69, 9.17) is 0 Å². The lowest BCUT2D eigenvalue weighted by molar-refractivity contribution is -0.125. The van der Waals surface area contributed by atoms with Crippen molar-refractivity contribution in [1.29, 1.82) is 0 Å². The van der Waals surface area contributed by atoms with Gasteiger partial charge in [0.1, 0.15) is 0 Å². The van der Waals surface area contributed by atoms with Crippen molar-refractivity contribution >= 4 is 17.7 Å². The summed E-state index contributed by atoms with van der Waals surface area (Å²) in [5.41, 5.74) is 0. The molecule has 20 heavy (non-hydrogen) atoms. The Bertz CT molecular complexity index is 453. The molecule has 2 N–H and O–H groups in total. The minimum Gasteiger partial charge on any atom is -0.354 e. The number of hydrogen-bond donors (Lipinski definition) is 2. The van der Waals surface area contributed by atoms with E-state index in [1.54, 1.807) is 0 Å². The van der Waals surface area contributed by atoms with Gasteiger partial charge in [0, 0.05) is 22.7 Å². The summed E-state index contributed by atoms with van der Waals surface area (Å²) in [6, 6.07) is 10.5. The number of amides is 1. The van der Waals surface area contributed by atoms with Crippen molar-refractivity contribution in [2.75, 3.05) is 19.6 Å². The van der Waals surface area contributed by atoms with E-state index in [-0.39, 0.29) is 16.6 Å². The Labute approximate surface area is 124 Å². The summed E-state index contributed by atoms with van der Waals surface area (Å²) >= 11 is 1.92. The Balaban J connectivity index is 1.49. The molecular formula is C16H22N2OS. The Hall–Kier alpha value is -1.00. The van der Waals surface area contributed by atoms with Crippen LogP contribution in [0.25, 0.3) is 0 Å². The molecule has 0 aromatic heterocycles. The van der Waals surface area contributed by atoms with Crippen LogP contribution in [0.2, 0.25) is 0 Å². The first kappa shape index (κ1) is 14.0. The maximum absolute atomic E-state index is 12.2. The largest absolute Gasteiger partial charge is 0.354 e. The molecule has 3 nitrogen and oxygen atoms in total. The smallest absolute Gasteiger partial charge is 0.224 e. The molecule has 1 unspecified atom stereocenters. The summed E-state index contributed by atoms with van der Waals surface area (Å²) in [6.07, 6.45) is 4.55. The number of piperidine rings is 1. The molecule has 1 saturated heterocycles. The quantitative estimate of drug-likeness (QED) is 0.875. The first-order valence-electron chi connectivity index (χ1n) is 7.50. The van der Waals surface area contributed by atoms with Crippen molar-refractivity contribution < 1.29 is 4.79 Å². The van der Waals surface area contributed by atoms with Gasteiger partial charge in [-0.3, -0.25) is 4.79 Å². The molecule has 1 aliphatic carbocycles. The first-order chi connectivity index (χ1) is 9.77. The molecular weight excluding hydrogens is 268 g/mol. The van der Waals surface area contributed by atoms with Crippen molar-refractivity contribution in [3.8, 4) is 0 Å². The van der Waals surface area contributed by atoms with Crippen LogP contribution in [0.1, 0.15) is 25.7 Å². The van der Waals surface area contributed by atoms with Gasteiger partial charge in [-0.2, -0.15) is 0 Å². The van der Waals surface area contributed by atoms with Crippen LogP contribution < -0.4 is 10.6 Å². The van der Waals surface area contributed by atoms with Crippen molar-refractivity contribution in [2.45, 2.75) is 35.3 Å². The summed E-state index contributed by atoms with van der Waals surface area (Å²) in [5.74, 6) is 0.401. The van der Waals surface area contributed by atoms with Crippen LogP contribution >= 0.6 is 11.8 Å². The molecule has 1 atom stereocenters. The van der Waals surface area contributed by atoms with Crippen LogP contribution in [0.15, 0.2) is 35.2 Å². The second-order valence-electron chi connectivity index (χ2n) is 5.86.